The Bertz CT molecular complexity index is 475. The number of unbranched alkanes of at least 4 members (excludes halogenated alkanes) is 3. The van der Waals surface area contributed by atoms with Crippen molar-refractivity contribution in [3.63, 3.8) is 0 Å². The highest BCUT2D eigenvalue weighted by atomic mass is 32.1. The number of carbonyl (C=O) groups excluding carboxylic acids is 3. The average Bonchev–Trinajstić information content (AvgIpc) is 2.61. The number of nitrogens with two attached hydrogens (primary N) is 1. The minimum absolute atomic E-state index is 0.00302. The van der Waals surface area contributed by atoms with Gasteiger partial charge in [-0.2, -0.15) is 12.6 Å². The third kappa shape index (κ3) is 11.7. The average molecular weight is 391 g/mol. The van der Waals surface area contributed by atoms with Gasteiger partial charge in [0, 0.05) is 12.2 Å². The van der Waals surface area contributed by atoms with Crippen molar-refractivity contribution in [3.8, 4) is 0 Å². The maximum atomic E-state index is 11.9. The Morgan fingerprint density at radius 3 is 2.46 bits per heavy atom. The molecule has 0 radical (unpaired) electrons. The van der Waals surface area contributed by atoms with Crippen LogP contribution in [0.1, 0.15) is 45.4 Å². The fourth-order valence-corrected chi connectivity index (χ4v) is 2.22. The van der Waals surface area contributed by atoms with Crippen molar-refractivity contribution < 1.29 is 29.0 Å². The molecule has 26 heavy (non-hydrogen) atoms. The van der Waals surface area contributed by atoms with E-state index >= 15 is 0 Å². The molecule has 0 aliphatic carbocycles. The molecule has 0 bridgehead atoms. The van der Waals surface area contributed by atoms with E-state index in [2.05, 4.69) is 30.2 Å². The van der Waals surface area contributed by atoms with Gasteiger partial charge in [0.15, 0.2) is 0 Å². The van der Waals surface area contributed by atoms with E-state index in [1.807, 2.05) is 0 Å². The maximum absolute atomic E-state index is 11.9. The molecule has 10 heteroatoms. The lowest BCUT2D eigenvalue weighted by Crippen LogP contribution is -2.49. The van der Waals surface area contributed by atoms with Gasteiger partial charge in [0.2, 0.25) is 11.8 Å². The lowest BCUT2D eigenvalue weighted by Gasteiger charge is -2.16. The first kappa shape index (κ1) is 24.2. The van der Waals surface area contributed by atoms with Crippen LogP contribution in [0, 0.1) is 0 Å². The molecule has 0 aliphatic rings. The number of hydrogen-bond acceptors (Lipinski definition) is 7. The normalized spacial score (nSPS) is 12.7. The van der Waals surface area contributed by atoms with E-state index in [-0.39, 0.29) is 18.6 Å². The van der Waals surface area contributed by atoms with E-state index in [0.29, 0.717) is 6.61 Å². The third-order valence-corrected chi connectivity index (χ3v) is 3.84. The number of ether oxygens (including phenoxy) is 1. The Labute approximate surface area is 158 Å². The van der Waals surface area contributed by atoms with Crippen LogP contribution in [0.3, 0.4) is 0 Å². The summed E-state index contributed by atoms with van der Waals surface area (Å²) in [7, 11) is 0. The summed E-state index contributed by atoms with van der Waals surface area (Å²) in [4.78, 5) is 45.7. The first-order chi connectivity index (χ1) is 12.3. The molecule has 0 rings (SSSR count). The van der Waals surface area contributed by atoms with Crippen LogP contribution in [0.4, 0.5) is 0 Å². The van der Waals surface area contributed by atoms with Crippen molar-refractivity contribution >= 4 is 36.4 Å². The fourth-order valence-electron chi connectivity index (χ4n) is 1.96. The Morgan fingerprint density at radius 1 is 1.19 bits per heavy atom. The topological polar surface area (TPSA) is 148 Å². The molecule has 0 heterocycles. The van der Waals surface area contributed by atoms with E-state index in [1.54, 1.807) is 0 Å². The number of hydrogen-bond donors (Lipinski definition) is 5. The SMILES string of the molecule is CCCCCCOC(=O)C(N)CCC(=O)NC(CS)C(=O)NCC(=O)O. The van der Waals surface area contributed by atoms with Gasteiger partial charge in [0.25, 0.3) is 0 Å². The number of amides is 2. The Balaban J connectivity index is 4.11. The Morgan fingerprint density at radius 2 is 1.88 bits per heavy atom. The predicted molar refractivity (Wildman–Crippen MR) is 98.7 cm³/mol. The zero-order valence-corrected chi connectivity index (χ0v) is 15.9. The standard InChI is InChI=1S/C16H29N3O6S/c1-2-3-4-5-8-25-16(24)11(17)6-7-13(20)19-12(10-26)15(23)18-9-14(21)22/h11-12,26H,2-10,17H2,1H3,(H,18,23)(H,19,20)(H,21,22). The number of aliphatic carboxylic acids is 1. The zero-order valence-electron chi connectivity index (χ0n) is 15.0. The van der Waals surface area contributed by atoms with Crippen LogP contribution >= 0.6 is 12.6 Å². The monoisotopic (exact) mass is 391 g/mol. The lowest BCUT2D eigenvalue weighted by atomic mass is 10.1. The zero-order chi connectivity index (χ0) is 19.9. The summed E-state index contributed by atoms with van der Waals surface area (Å²) in [6.45, 7) is 1.85. The van der Waals surface area contributed by atoms with Crippen LogP contribution in [0.5, 0.6) is 0 Å². The molecule has 0 spiro atoms. The largest absolute Gasteiger partial charge is 0.480 e. The Kier molecular flexibility index (Phi) is 13.4. The molecule has 0 aromatic carbocycles. The quantitative estimate of drug-likeness (QED) is 0.157. The van der Waals surface area contributed by atoms with Crippen molar-refractivity contribution in [1.82, 2.24) is 10.6 Å². The molecule has 0 fully saturated rings. The summed E-state index contributed by atoms with van der Waals surface area (Å²) in [5.74, 6) is -2.88. The number of carboxylic acid groups (broad SMARTS) is 1. The predicted octanol–water partition coefficient (Wildman–Crippen LogP) is -0.167. The molecule has 5 N–H and O–H groups in total. The van der Waals surface area contributed by atoms with Crippen molar-refractivity contribution in [2.45, 2.75) is 57.5 Å². The molecule has 0 aliphatic heterocycles. The van der Waals surface area contributed by atoms with Gasteiger partial charge in [-0.3, -0.25) is 19.2 Å². The first-order valence-electron chi connectivity index (χ1n) is 8.63. The van der Waals surface area contributed by atoms with E-state index in [4.69, 9.17) is 15.6 Å². The highest BCUT2D eigenvalue weighted by molar-refractivity contribution is 7.80. The van der Waals surface area contributed by atoms with Gasteiger partial charge in [-0.25, -0.2) is 0 Å². The van der Waals surface area contributed by atoms with Crippen molar-refractivity contribution in [2.24, 2.45) is 5.73 Å². The minimum Gasteiger partial charge on any atom is -0.480 e. The molecule has 2 unspecified atom stereocenters. The van der Waals surface area contributed by atoms with Crippen LogP contribution in [0.25, 0.3) is 0 Å². The highest BCUT2D eigenvalue weighted by Gasteiger charge is 2.21. The molecule has 2 atom stereocenters. The van der Waals surface area contributed by atoms with E-state index in [9.17, 15) is 19.2 Å². The van der Waals surface area contributed by atoms with Gasteiger partial charge in [-0.15, -0.1) is 0 Å². The van der Waals surface area contributed by atoms with Gasteiger partial charge in [0.1, 0.15) is 18.6 Å². The van der Waals surface area contributed by atoms with Gasteiger partial charge >= 0.3 is 11.9 Å². The van der Waals surface area contributed by atoms with Crippen LogP contribution < -0.4 is 16.4 Å². The minimum atomic E-state index is -1.19. The summed E-state index contributed by atoms with van der Waals surface area (Å²) in [6.07, 6.45) is 3.94. The van der Waals surface area contributed by atoms with Gasteiger partial charge in [-0.05, 0) is 12.8 Å². The molecular formula is C16H29N3O6S. The number of carboxylic acids is 1. The number of esters is 1. The van der Waals surface area contributed by atoms with Crippen LogP contribution in [-0.4, -0.2) is 59.8 Å². The smallest absolute Gasteiger partial charge is 0.322 e. The fraction of sp³-hybridized carbons (Fsp3) is 0.750. The molecule has 0 saturated carbocycles. The summed E-state index contributed by atoms with van der Waals surface area (Å²) in [6, 6.07) is -1.88. The summed E-state index contributed by atoms with van der Waals surface area (Å²) in [5, 5.41) is 13.1. The molecular weight excluding hydrogens is 362 g/mol. The second kappa shape index (κ2) is 14.4. The second-order valence-corrected chi connectivity index (χ2v) is 6.15. The van der Waals surface area contributed by atoms with Crippen molar-refractivity contribution in [1.29, 1.82) is 0 Å². The summed E-state index contributed by atoms with van der Waals surface area (Å²) in [5.41, 5.74) is 5.70. The molecule has 9 nitrogen and oxygen atoms in total. The van der Waals surface area contributed by atoms with Gasteiger partial charge < -0.3 is 26.2 Å². The van der Waals surface area contributed by atoms with Crippen LogP contribution in [-0.2, 0) is 23.9 Å². The number of thiol groups is 1. The molecule has 0 aromatic heterocycles. The Hall–Kier alpha value is -1.81. The van der Waals surface area contributed by atoms with Crippen LogP contribution in [0.15, 0.2) is 0 Å². The first-order valence-corrected chi connectivity index (χ1v) is 9.27. The molecule has 150 valence electrons. The molecule has 2 amide bonds. The lowest BCUT2D eigenvalue weighted by molar-refractivity contribution is -0.145. The molecule has 0 saturated heterocycles. The summed E-state index contributed by atoms with van der Waals surface area (Å²) < 4.78 is 5.05. The number of carbonyl (C=O) groups is 4. The molecule has 0 aromatic rings. The maximum Gasteiger partial charge on any atom is 0.322 e. The summed E-state index contributed by atoms with van der Waals surface area (Å²) >= 11 is 3.96. The van der Waals surface area contributed by atoms with Crippen molar-refractivity contribution in [2.75, 3.05) is 18.9 Å². The number of nitrogens with one attached hydrogen (secondary N) is 2. The van der Waals surface area contributed by atoms with Gasteiger partial charge in [0.05, 0.1) is 6.61 Å². The van der Waals surface area contributed by atoms with Gasteiger partial charge in [-0.1, -0.05) is 26.2 Å². The highest BCUT2D eigenvalue weighted by Crippen LogP contribution is 2.02. The van der Waals surface area contributed by atoms with Crippen LogP contribution in [0.2, 0.25) is 0 Å². The van der Waals surface area contributed by atoms with E-state index < -0.39 is 42.4 Å². The third-order valence-electron chi connectivity index (χ3n) is 3.48. The number of rotatable bonds is 14. The van der Waals surface area contributed by atoms with E-state index in [0.717, 1.165) is 25.7 Å². The second-order valence-electron chi connectivity index (χ2n) is 5.79. The van der Waals surface area contributed by atoms with E-state index in [1.165, 1.54) is 0 Å². The van der Waals surface area contributed by atoms with Crippen molar-refractivity contribution in [3.05, 3.63) is 0 Å².